The summed E-state index contributed by atoms with van der Waals surface area (Å²) >= 11 is 0. The molecule has 7 nitrogen and oxygen atoms in total. The lowest BCUT2D eigenvalue weighted by Gasteiger charge is -2.31. The summed E-state index contributed by atoms with van der Waals surface area (Å²) in [4.78, 5) is 32.0. The van der Waals surface area contributed by atoms with Gasteiger partial charge in [0.1, 0.15) is 11.7 Å². The number of carbonyl (C=O) groups excluding carboxylic acids is 2. The maximum Gasteiger partial charge on any atom is 0.240 e. The zero-order chi connectivity index (χ0) is 19.1. The van der Waals surface area contributed by atoms with Gasteiger partial charge in [0.15, 0.2) is 0 Å². The maximum absolute atomic E-state index is 13.3. The average molecular weight is 363 g/mol. The summed E-state index contributed by atoms with van der Waals surface area (Å²) < 4.78 is 6.00. The normalized spacial score (nSPS) is 37.1. The summed E-state index contributed by atoms with van der Waals surface area (Å²) in [6.07, 6.45) is 1.11. The average Bonchev–Trinajstić information content (AvgIpc) is 3.15. The molecule has 1 N–H and O–H groups in total. The van der Waals surface area contributed by atoms with Crippen molar-refractivity contribution in [3.05, 3.63) is 36.0 Å². The molecule has 0 radical (unpaired) electrons. The minimum absolute atomic E-state index is 0.321. The summed E-state index contributed by atoms with van der Waals surface area (Å²) in [6, 6.07) is 8.73. The monoisotopic (exact) mass is 363 g/mol. The second-order valence-electron chi connectivity index (χ2n) is 7.93. The molecule has 2 aromatic rings. The predicted molar refractivity (Wildman–Crippen MR) is 94.4 cm³/mol. The van der Waals surface area contributed by atoms with Gasteiger partial charge in [0.05, 0.1) is 40.3 Å². The van der Waals surface area contributed by atoms with Gasteiger partial charge in [-0.25, -0.2) is 4.90 Å². The van der Waals surface area contributed by atoms with Gasteiger partial charge in [-0.1, -0.05) is 0 Å². The molecule has 3 aliphatic heterocycles. The van der Waals surface area contributed by atoms with Crippen molar-refractivity contribution in [2.45, 2.75) is 37.6 Å². The van der Waals surface area contributed by atoms with Crippen molar-refractivity contribution in [3.8, 4) is 6.07 Å². The summed E-state index contributed by atoms with van der Waals surface area (Å²) in [5, 5.41) is 20.3. The van der Waals surface area contributed by atoms with E-state index in [1.807, 2.05) is 0 Å². The summed E-state index contributed by atoms with van der Waals surface area (Å²) in [5.41, 5.74) is -0.677. The number of amides is 2. The Kier molecular flexibility index (Phi) is 2.98. The topological polar surface area (TPSA) is 104 Å². The predicted octanol–water partition coefficient (Wildman–Crippen LogP) is 1.52. The van der Waals surface area contributed by atoms with Crippen LogP contribution in [0, 0.1) is 23.2 Å². The lowest BCUT2D eigenvalue weighted by atomic mass is 9.67. The quantitative estimate of drug-likeness (QED) is 0.771. The standard InChI is InChI=1S/C20H17N3O4/c1-19-8-13(24)20(2,27-19)15-14(19)17(25)23(18(15)26)12-6-5-10(9-21)16-11(12)4-3-7-22-16/h3-7,13-15,24H,8H2,1-2H3/t13-,14-,15+,19?,20?/m0/s1. The van der Waals surface area contributed by atoms with Gasteiger partial charge in [-0.05, 0) is 38.1 Å². The molecule has 1 aromatic heterocycles. The summed E-state index contributed by atoms with van der Waals surface area (Å²) in [6.45, 7) is 3.50. The highest BCUT2D eigenvalue weighted by Gasteiger charge is 2.75. The first kappa shape index (κ1) is 16.4. The number of nitrogens with zero attached hydrogens (tertiary/aromatic N) is 3. The van der Waals surface area contributed by atoms with Gasteiger partial charge in [-0.3, -0.25) is 14.6 Å². The molecule has 1 aromatic carbocycles. The minimum atomic E-state index is -1.07. The van der Waals surface area contributed by atoms with E-state index in [2.05, 4.69) is 11.1 Å². The molecular formula is C20H17N3O4. The first-order valence-corrected chi connectivity index (χ1v) is 8.86. The third-order valence-corrected chi connectivity index (χ3v) is 6.40. The van der Waals surface area contributed by atoms with Crippen molar-refractivity contribution in [2.24, 2.45) is 11.8 Å². The Morgan fingerprint density at radius 2 is 2.00 bits per heavy atom. The van der Waals surface area contributed by atoms with Crippen LogP contribution in [0.15, 0.2) is 30.5 Å². The smallest absolute Gasteiger partial charge is 0.240 e. The molecule has 0 spiro atoms. The Labute approximate surface area is 155 Å². The maximum atomic E-state index is 13.3. The zero-order valence-electron chi connectivity index (χ0n) is 14.8. The number of nitriles is 1. The Hall–Kier alpha value is -2.82. The van der Waals surface area contributed by atoms with E-state index in [0.717, 1.165) is 0 Å². The highest BCUT2D eigenvalue weighted by Crippen LogP contribution is 2.61. The number of hydrogen-bond acceptors (Lipinski definition) is 6. The van der Waals surface area contributed by atoms with Crippen molar-refractivity contribution >= 4 is 28.4 Å². The molecule has 136 valence electrons. The Bertz CT molecular complexity index is 1080. The molecular weight excluding hydrogens is 346 g/mol. The second-order valence-corrected chi connectivity index (χ2v) is 7.93. The number of pyridine rings is 1. The molecule has 0 aliphatic carbocycles. The molecule has 2 bridgehead atoms. The second kappa shape index (κ2) is 4.91. The molecule has 7 heteroatoms. The van der Waals surface area contributed by atoms with Crippen LogP contribution in [0.5, 0.6) is 0 Å². The molecule has 2 unspecified atom stereocenters. The van der Waals surface area contributed by atoms with Gasteiger partial charge in [-0.15, -0.1) is 0 Å². The molecule has 4 heterocycles. The lowest BCUT2D eigenvalue weighted by molar-refractivity contribution is -0.132. The number of hydrogen-bond donors (Lipinski definition) is 1. The van der Waals surface area contributed by atoms with Crippen molar-refractivity contribution in [3.63, 3.8) is 0 Å². The van der Waals surface area contributed by atoms with Crippen LogP contribution < -0.4 is 4.90 Å². The van der Waals surface area contributed by atoms with Crippen molar-refractivity contribution < 1.29 is 19.4 Å². The Morgan fingerprint density at radius 3 is 2.74 bits per heavy atom. The lowest BCUT2D eigenvalue weighted by Crippen LogP contribution is -2.49. The first-order chi connectivity index (χ1) is 12.8. The summed E-state index contributed by atoms with van der Waals surface area (Å²) in [5.74, 6) is -2.04. The summed E-state index contributed by atoms with van der Waals surface area (Å²) in [7, 11) is 0. The number of ether oxygens (including phenoxy) is 1. The molecule has 0 saturated carbocycles. The highest BCUT2D eigenvalue weighted by atomic mass is 16.6. The number of fused-ring (bicyclic) bond motifs is 6. The largest absolute Gasteiger partial charge is 0.390 e. The number of rotatable bonds is 1. The highest BCUT2D eigenvalue weighted by molar-refractivity contribution is 6.26. The van der Waals surface area contributed by atoms with E-state index in [4.69, 9.17) is 4.74 Å². The van der Waals surface area contributed by atoms with Crippen molar-refractivity contribution in [1.29, 1.82) is 5.26 Å². The van der Waals surface area contributed by atoms with Gasteiger partial charge in [0.2, 0.25) is 11.8 Å². The number of aliphatic hydroxyl groups is 1. The van der Waals surface area contributed by atoms with Gasteiger partial charge >= 0.3 is 0 Å². The van der Waals surface area contributed by atoms with Crippen LogP contribution in [-0.2, 0) is 14.3 Å². The fraction of sp³-hybridized carbons (Fsp3) is 0.400. The molecule has 27 heavy (non-hydrogen) atoms. The van der Waals surface area contributed by atoms with E-state index in [9.17, 15) is 20.0 Å². The number of anilines is 1. The Morgan fingerprint density at radius 1 is 1.26 bits per heavy atom. The van der Waals surface area contributed by atoms with Crippen LogP contribution in [-0.4, -0.2) is 39.2 Å². The van der Waals surface area contributed by atoms with E-state index in [1.54, 1.807) is 44.3 Å². The molecule has 3 fully saturated rings. The Balaban J connectivity index is 1.69. The SMILES string of the molecule is CC12C[C@H](O)C(C)(O1)[C@H]1C(=O)N(c3ccc(C#N)c4ncccc34)C(=O)[C@H]12. The molecule has 5 atom stereocenters. The van der Waals surface area contributed by atoms with Crippen LogP contribution in [0.1, 0.15) is 25.8 Å². The molecule has 5 rings (SSSR count). The minimum Gasteiger partial charge on any atom is -0.390 e. The fourth-order valence-corrected chi connectivity index (χ4v) is 5.20. The van der Waals surface area contributed by atoms with E-state index in [0.29, 0.717) is 28.6 Å². The van der Waals surface area contributed by atoms with Crippen LogP contribution in [0.4, 0.5) is 5.69 Å². The third-order valence-electron chi connectivity index (χ3n) is 6.40. The number of benzene rings is 1. The number of carbonyl (C=O) groups is 2. The number of imide groups is 1. The zero-order valence-corrected chi connectivity index (χ0v) is 14.8. The van der Waals surface area contributed by atoms with Gasteiger partial charge in [-0.2, -0.15) is 5.26 Å². The number of aromatic nitrogens is 1. The molecule has 3 aliphatic rings. The van der Waals surface area contributed by atoms with Crippen LogP contribution in [0.25, 0.3) is 10.9 Å². The van der Waals surface area contributed by atoms with Crippen molar-refractivity contribution in [1.82, 2.24) is 4.98 Å². The fourth-order valence-electron chi connectivity index (χ4n) is 5.20. The van der Waals surface area contributed by atoms with Gasteiger partial charge in [0.25, 0.3) is 0 Å². The van der Waals surface area contributed by atoms with E-state index < -0.39 is 29.1 Å². The van der Waals surface area contributed by atoms with Crippen LogP contribution in [0.3, 0.4) is 0 Å². The van der Waals surface area contributed by atoms with E-state index in [-0.39, 0.29) is 11.8 Å². The van der Waals surface area contributed by atoms with Crippen LogP contribution in [0.2, 0.25) is 0 Å². The molecule has 2 amide bonds. The number of aliphatic hydroxyl groups excluding tert-OH is 1. The van der Waals surface area contributed by atoms with Crippen molar-refractivity contribution in [2.75, 3.05) is 4.90 Å². The first-order valence-electron chi connectivity index (χ1n) is 8.86. The van der Waals surface area contributed by atoms with E-state index >= 15 is 0 Å². The van der Waals surface area contributed by atoms with Gasteiger partial charge in [0, 0.05) is 18.0 Å². The third kappa shape index (κ3) is 1.79. The van der Waals surface area contributed by atoms with E-state index in [1.165, 1.54) is 4.90 Å². The molecule has 3 saturated heterocycles. The van der Waals surface area contributed by atoms with Gasteiger partial charge < -0.3 is 9.84 Å². The van der Waals surface area contributed by atoms with Crippen LogP contribution >= 0.6 is 0 Å².